The Morgan fingerprint density at radius 1 is 1.27 bits per heavy atom. The maximum Gasteiger partial charge on any atom is 0.159 e. The van der Waals surface area contributed by atoms with Crippen LogP contribution in [0, 0.1) is 0 Å². The van der Waals surface area contributed by atoms with Crippen molar-refractivity contribution in [2.24, 2.45) is 0 Å². The van der Waals surface area contributed by atoms with Crippen molar-refractivity contribution in [1.82, 2.24) is 5.32 Å². The third kappa shape index (κ3) is 2.18. The highest BCUT2D eigenvalue weighted by Crippen LogP contribution is 2.18. The van der Waals surface area contributed by atoms with Gasteiger partial charge in [0.05, 0.1) is 7.11 Å². The predicted molar refractivity (Wildman–Crippen MR) is 58.6 cm³/mol. The lowest BCUT2D eigenvalue weighted by Gasteiger charge is -2.15. The van der Waals surface area contributed by atoms with Gasteiger partial charge in [-0.1, -0.05) is 0 Å². The minimum Gasteiger partial charge on any atom is -0.497 e. The van der Waals surface area contributed by atoms with Gasteiger partial charge in [0.1, 0.15) is 5.75 Å². The van der Waals surface area contributed by atoms with Gasteiger partial charge >= 0.3 is 0 Å². The Morgan fingerprint density at radius 3 is 2.60 bits per heavy atom. The predicted octanol–water partition coefficient (Wildman–Crippen LogP) is 1.60. The molecule has 1 N–H and O–H groups in total. The second-order valence-electron chi connectivity index (χ2n) is 3.43. The zero-order chi connectivity index (χ0) is 10.7. The number of carbonyl (C=O) groups is 1. The lowest BCUT2D eigenvalue weighted by Crippen LogP contribution is -2.22. The van der Waals surface area contributed by atoms with Crippen LogP contribution in [-0.2, 0) is 4.79 Å². The first-order valence-electron chi connectivity index (χ1n) is 4.92. The van der Waals surface area contributed by atoms with Gasteiger partial charge in [0.2, 0.25) is 0 Å². The molecule has 0 aromatic heterocycles. The molecule has 15 heavy (non-hydrogen) atoms. The summed E-state index contributed by atoms with van der Waals surface area (Å²) in [4.78, 5) is 11.2. The Hall–Kier alpha value is -1.77. The summed E-state index contributed by atoms with van der Waals surface area (Å²) in [6.45, 7) is 0.719. The van der Waals surface area contributed by atoms with Crippen molar-refractivity contribution in [3.63, 3.8) is 0 Å². The molecule has 78 valence electrons. The number of methoxy groups -OCH3 is 1. The summed E-state index contributed by atoms with van der Waals surface area (Å²) < 4.78 is 5.07. The van der Waals surface area contributed by atoms with Crippen molar-refractivity contribution in [3.05, 3.63) is 35.9 Å². The first-order valence-corrected chi connectivity index (χ1v) is 4.92. The van der Waals surface area contributed by atoms with E-state index in [4.69, 9.17) is 4.74 Å². The molecule has 0 radical (unpaired) electrons. The van der Waals surface area contributed by atoms with Crippen LogP contribution in [0.1, 0.15) is 12.0 Å². The van der Waals surface area contributed by atoms with E-state index in [-0.39, 0.29) is 5.78 Å². The molecule has 3 nitrogen and oxygen atoms in total. The summed E-state index contributed by atoms with van der Waals surface area (Å²) in [5.41, 5.74) is 1.91. The Labute approximate surface area is 88.8 Å². The molecule has 0 amide bonds. The van der Waals surface area contributed by atoms with Gasteiger partial charge in [-0.25, -0.2) is 0 Å². The topological polar surface area (TPSA) is 38.3 Å². The highest BCUT2D eigenvalue weighted by molar-refractivity contribution is 5.98. The quantitative estimate of drug-likeness (QED) is 0.793. The van der Waals surface area contributed by atoms with E-state index in [0.717, 1.165) is 23.6 Å². The number of hydrogen-bond acceptors (Lipinski definition) is 3. The molecule has 1 aliphatic rings. The molecule has 0 fully saturated rings. The van der Waals surface area contributed by atoms with Crippen molar-refractivity contribution < 1.29 is 9.53 Å². The molecule has 1 aromatic carbocycles. The minimum absolute atomic E-state index is 0.180. The van der Waals surface area contributed by atoms with Gasteiger partial charge in [0, 0.05) is 24.7 Å². The third-order valence-electron chi connectivity index (χ3n) is 2.39. The molecule has 0 unspecified atom stereocenters. The summed E-state index contributed by atoms with van der Waals surface area (Å²) in [5, 5.41) is 3.20. The lowest BCUT2D eigenvalue weighted by atomic mass is 10.1. The summed E-state index contributed by atoms with van der Waals surface area (Å²) in [5.74, 6) is 1.00. The molecule has 0 saturated heterocycles. The molecular weight excluding hydrogens is 190 g/mol. The van der Waals surface area contributed by atoms with E-state index in [1.54, 1.807) is 13.2 Å². The van der Waals surface area contributed by atoms with E-state index < -0.39 is 0 Å². The van der Waals surface area contributed by atoms with E-state index in [1.165, 1.54) is 0 Å². The molecule has 0 aliphatic carbocycles. The van der Waals surface area contributed by atoms with Gasteiger partial charge in [-0.3, -0.25) is 4.79 Å². The first kappa shape index (κ1) is 9.77. The number of rotatable bonds is 2. The van der Waals surface area contributed by atoms with Crippen molar-refractivity contribution in [2.45, 2.75) is 6.42 Å². The number of nitrogens with one attached hydrogen (secondary N) is 1. The van der Waals surface area contributed by atoms with E-state index in [9.17, 15) is 4.79 Å². The van der Waals surface area contributed by atoms with E-state index in [2.05, 4.69) is 5.32 Å². The fourth-order valence-electron chi connectivity index (χ4n) is 1.56. The average Bonchev–Trinajstić information content (AvgIpc) is 2.29. The van der Waals surface area contributed by atoms with Crippen LogP contribution in [0.15, 0.2) is 30.3 Å². The second-order valence-corrected chi connectivity index (χ2v) is 3.43. The van der Waals surface area contributed by atoms with E-state index in [1.807, 2.05) is 24.3 Å². The molecule has 0 atom stereocenters. The zero-order valence-corrected chi connectivity index (χ0v) is 8.62. The zero-order valence-electron chi connectivity index (χ0n) is 8.62. The lowest BCUT2D eigenvalue weighted by molar-refractivity contribution is -0.114. The van der Waals surface area contributed by atoms with Crippen molar-refractivity contribution in [3.8, 4) is 5.75 Å². The molecule has 1 aromatic rings. The van der Waals surface area contributed by atoms with Gasteiger partial charge in [0.15, 0.2) is 5.78 Å². The van der Waals surface area contributed by atoms with Crippen LogP contribution in [0.2, 0.25) is 0 Å². The standard InChI is InChI=1S/C12H13NO2/c1-15-11-4-2-9(3-5-11)12-8-10(14)6-7-13-12/h2-5,8,13H,6-7H2,1H3. The van der Waals surface area contributed by atoms with Crippen LogP contribution in [-0.4, -0.2) is 19.4 Å². The van der Waals surface area contributed by atoms with Crippen LogP contribution >= 0.6 is 0 Å². The van der Waals surface area contributed by atoms with Gasteiger partial charge in [-0.2, -0.15) is 0 Å². The first-order chi connectivity index (χ1) is 7.29. The van der Waals surface area contributed by atoms with Gasteiger partial charge in [-0.05, 0) is 29.8 Å². The fourth-order valence-corrected chi connectivity index (χ4v) is 1.56. The monoisotopic (exact) mass is 203 g/mol. The van der Waals surface area contributed by atoms with Crippen molar-refractivity contribution in [1.29, 1.82) is 0 Å². The maximum absolute atomic E-state index is 11.2. The van der Waals surface area contributed by atoms with Crippen LogP contribution in [0.3, 0.4) is 0 Å². The molecule has 0 spiro atoms. The van der Waals surface area contributed by atoms with Crippen LogP contribution < -0.4 is 10.1 Å². The largest absolute Gasteiger partial charge is 0.497 e. The summed E-state index contributed by atoms with van der Waals surface area (Å²) in [6, 6.07) is 7.65. The second kappa shape index (κ2) is 4.17. The molecule has 3 heteroatoms. The maximum atomic E-state index is 11.2. The molecule has 0 bridgehead atoms. The number of hydrogen-bond donors (Lipinski definition) is 1. The summed E-state index contributed by atoms with van der Waals surface area (Å²) in [6.07, 6.45) is 2.24. The SMILES string of the molecule is COc1ccc(C2=CC(=O)CCN2)cc1. The molecule has 2 rings (SSSR count). The smallest absolute Gasteiger partial charge is 0.159 e. The Balaban J connectivity index is 2.25. The Bertz CT molecular complexity index is 393. The fraction of sp³-hybridized carbons (Fsp3) is 0.250. The number of ether oxygens (including phenoxy) is 1. The molecule has 1 aliphatic heterocycles. The number of ketones is 1. The third-order valence-corrected chi connectivity index (χ3v) is 2.39. The highest BCUT2D eigenvalue weighted by Gasteiger charge is 2.10. The van der Waals surface area contributed by atoms with Crippen molar-refractivity contribution in [2.75, 3.05) is 13.7 Å². The normalized spacial score (nSPS) is 15.5. The average molecular weight is 203 g/mol. The van der Waals surface area contributed by atoms with E-state index >= 15 is 0 Å². The van der Waals surface area contributed by atoms with Crippen LogP contribution in [0.25, 0.3) is 5.70 Å². The van der Waals surface area contributed by atoms with Gasteiger partial charge in [0.25, 0.3) is 0 Å². The van der Waals surface area contributed by atoms with Crippen LogP contribution in [0.5, 0.6) is 5.75 Å². The summed E-state index contributed by atoms with van der Waals surface area (Å²) in [7, 11) is 1.64. The van der Waals surface area contributed by atoms with Gasteiger partial charge < -0.3 is 10.1 Å². The molecule has 0 saturated carbocycles. The van der Waals surface area contributed by atoms with E-state index in [0.29, 0.717) is 6.42 Å². The molecular formula is C12H13NO2. The van der Waals surface area contributed by atoms with Crippen LogP contribution in [0.4, 0.5) is 0 Å². The Morgan fingerprint density at radius 2 is 2.00 bits per heavy atom. The minimum atomic E-state index is 0.180. The number of benzene rings is 1. The Kier molecular flexibility index (Phi) is 2.72. The number of carbonyl (C=O) groups excluding carboxylic acids is 1. The highest BCUT2D eigenvalue weighted by atomic mass is 16.5. The number of allylic oxidation sites excluding steroid dienone is 1. The molecule has 1 heterocycles. The van der Waals surface area contributed by atoms with Crippen molar-refractivity contribution >= 4 is 11.5 Å². The summed E-state index contributed by atoms with van der Waals surface area (Å²) >= 11 is 0. The van der Waals surface area contributed by atoms with Gasteiger partial charge in [-0.15, -0.1) is 0 Å².